The molecule has 0 bridgehead atoms. The quantitative estimate of drug-likeness (QED) is 0.279. The molecule has 1 nitrogen and oxygen atoms in total. The first-order valence-electron chi connectivity index (χ1n) is 1.64. The molecule has 0 radical (unpaired) electrons. The molecule has 0 unspecified atom stereocenters. The number of nitrogens with zero attached hydrogens (tertiary/aromatic N) is 1. The Morgan fingerprint density at radius 1 is 1.00 bits per heavy atom. The van der Waals surface area contributed by atoms with E-state index in [9.17, 15) is 22.0 Å². The molecule has 0 heterocycles. The number of alkyl halides is 5. The summed E-state index contributed by atoms with van der Waals surface area (Å²) >= 11 is 0. The predicted molar refractivity (Wildman–Crippen MR) is 17.6 cm³/mol. The highest BCUT2D eigenvalue weighted by Crippen LogP contribution is 2.36. The van der Waals surface area contributed by atoms with E-state index in [-0.39, 0.29) is 0 Å². The van der Waals surface area contributed by atoms with Crippen LogP contribution in [0.15, 0.2) is 0 Å². The highest BCUT2D eigenvalue weighted by molar-refractivity contribution is 4.83. The van der Waals surface area contributed by atoms with Gasteiger partial charge in [-0.05, 0) is 0 Å². The van der Waals surface area contributed by atoms with Gasteiger partial charge in [0.25, 0.3) is 0 Å². The lowest BCUT2D eigenvalue weighted by Crippen LogP contribution is -2.32. The van der Waals surface area contributed by atoms with Crippen LogP contribution in [-0.2, 0) is 0 Å². The Bertz CT molecular complexity index is 139. The standard InChI is InChI=1S/C3F5N/c1-9-3(7,8)2(4,5)6. The summed E-state index contributed by atoms with van der Waals surface area (Å²) in [4.78, 5) is 1.08. The van der Waals surface area contributed by atoms with Crippen molar-refractivity contribution in [1.29, 1.82) is 0 Å². The lowest BCUT2D eigenvalue weighted by Gasteiger charge is -2.04. The molecular formula is C3F5N. The summed E-state index contributed by atoms with van der Waals surface area (Å²) in [5, 5.41) is 0. The summed E-state index contributed by atoms with van der Waals surface area (Å²) in [5.74, 6) is 0. The van der Waals surface area contributed by atoms with Gasteiger partial charge in [0.1, 0.15) is 0 Å². The topological polar surface area (TPSA) is 4.36 Å². The van der Waals surface area contributed by atoms with E-state index in [2.05, 4.69) is 0 Å². The number of halogens is 5. The molecule has 52 valence electrons. The molecule has 6 heteroatoms. The van der Waals surface area contributed by atoms with E-state index in [4.69, 9.17) is 6.57 Å². The van der Waals surface area contributed by atoms with Crippen molar-refractivity contribution in [2.24, 2.45) is 0 Å². The van der Waals surface area contributed by atoms with Crippen LogP contribution in [0.3, 0.4) is 0 Å². The summed E-state index contributed by atoms with van der Waals surface area (Å²) < 4.78 is 55.0. The molecule has 0 aromatic heterocycles. The van der Waals surface area contributed by atoms with Crippen molar-refractivity contribution in [3.63, 3.8) is 0 Å². The molecule has 9 heavy (non-hydrogen) atoms. The van der Waals surface area contributed by atoms with Crippen LogP contribution in [0, 0.1) is 6.57 Å². The fourth-order valence-electron chi connectivity index (χ4n) is 0.0634. The van der Waals surface area contributed by atoms with Crippen LogP contribution in [0.5, 0.6) is 0 Å². The highest BCUT2D eigenvalue weighted by atomic mass is 19.4. The molecule has 0 saturated heterocycles. The Balaban J connectivity index is 4.39. The van der Waals surface area contributed by atoms with Crippen LogP contribution in [0.2, 0.25) is 0 Å². The van der Waals surface area contributed by atoms with E-state index in [1.165, 1.54) is 0 Å². The van der Waals surface area contributed by atoms with Gasteiger partial charge in [0.2, 0.25) is 0 Å². The van der Waals surface area contributed by atoms with E-state index >= 15 is 0 Å². The van der Waals surface area contributed by atoms with E-state index < -0.39 is 12.2 Å². The van der Waals surface area contributed by atoms with E-state index in [0.29, 0.717) is 0 Å². The molecule has 0 N–H and O–H groups in total. The minimum Gasteiger partial charge on any atom is -0.234 e. The van der Waals surface area contributed by atoms with Crippen LogP contribution in [0.1, 0.15) is 0 Å². The minimum atomic E-state index is -5.74. The van der Waals surface area contributed by atoms with Gasteiger partial charge in [-0.1, -0.05) is 0 Å². The van der Waals surface area contributed by atoms with E-state index in [0.717, 1.165) is 4.85 Å². The van der Waals surface area contributed by atoms with Gasteiger partial charge in [-0.3, -0.25) is 0 Å². The fourth-order valence-corrected chi connectivity index (χ4v) is 0.0634. The van der Waals surface area contributed by atoms with Gasteiger partial charge in [-0.15, -0.1) is 8.78 Å². The molecule has 0 saturated carbocycles. The number of hydrogen-bond acceptors (Lipinski definition) is 0. The molecule has 0 amide bonds. The molecule has 0 aromatic rings. The first kappa shape index (κ1) is 8.14. The molecule has 0 aliphatic rings. The van der Waals surface area contributed by atoms with Gasteiger partial charge in [0.05, 0.1) is 0 Å². The Morgan fingerprint density at radius 3 is 1.33 bits per heavy atom. The molecule has 0 aliphatic heterocycles. The molecule has 0 aliphatic carbocycles. The van der Waals surface area contributed by atoms with Crippen LogP contribution in [0.4, 0.5) is 22.0 Å². The monoisotopic (exact) mass is 145 g/mol. The maximum Gasteiger partial charge on any atom is 0.629 e. The summed E-state index contributed by atoms with van der Waals surface area (Å²) in [5.41, 5.74) is 0. The predicted octanol–water partition coefficient (Wildman–Crippen LogP) is 2.06. The molecule has 0 aromatic carbocycles. The summed E-state index contributed by atoms with van der Waals surface area (Å²) in [6.07, 6.45) is -5.74. The second kappa shape index (κ2) is 1.83. The molecule has 0 spiro atoms. The smallest absolute Gasteiger partial charge is 0.234 e. The average molecular weight is 145 g/mol. The summed E-state index contributed by atoms with van der Waals surface area (Å²) in [6.45, 7) is 5.42. The highest BCUT2D eigenvalue weighted by Gasteiger charge is 2.66. The SMILES string of the molecule is [C-]#[N+]C(F)(F)C(F)(F)F. The van der Waals surface area contributed by atoms with Crippen molar-refractivity contribution in [3.8, 4) is 0 Å². The Morgan fingerprint density at radius 2 is 1.33 bits per heavy atom. The average Bonchev–Trinajstić information content (AvgIpc) is 1.64. The van der Waals surface area contributed by atoms with Crippen LogP contribution in [-0.4, -0.2) is 12.2 Å². The third-order valence-corrected chi connectivity index (χ3v) is 0.481. The zero-order valence-corrected chi connectivity index (χ0v) is 3.84. The number of rotatable bonds is 0. The van der Waals surface area contributed by atoms with Gasteiger partial charge in [-0.2, -0.15) is 13.2 Å². The second-order valence-electron chi connectivity index (χ2n) is 1.15. The molecule has 0 fully saturated rings. The normalized spacial score (nSPS) is 12.9. The zero-order chi connectivity index (χ0) is 7.71. The zero-order valence-electron chi connectivity index (χ0n) is 3.84. The van der Waals surface area contributed by atoms with Crippen LogP contribution >= 0.6 is 0 Å². The lowest BCUT2D eigenvalue weighted by molar-refractivity contribution is -0.260. The number of hydrogen-bond donors (Lipinski definition) is 0. The fraction of sp³-hybridized carbons (Fsp3) is 0.667. The summed E-state index contributed by atoms with van der Waals surface area (Å²) in [6, 6.07) is -5.23. The van der Waals surface area contributed by atoms with Crippen molar-refractivity contribution < 1.29 is 22.0 Å². The van der Waals surface area contributed by atoms with Crippen molar-refractivity contribution in [2.45, 2.75) is 12.2 Å². The van der Waals surface area contributed by atoms with Crippen molar-refractivity contribution in [3.05, 3.63) is 11.4 Å². The third kappa shape index (κ3) is 1.52. The van der Waals surface area contributed by atoms with Crippen molar-refractivity contribution >= 4 is 0 Å². The van der Waals surface area contributed by atoms with Gasteiger partial charge in [-0.25, -0.2) is 11.4 Å². The first-order valence-corrected chi connectivity index (χ1v) is 1.64. The maximum atomic E-state index is 11.2. The van der Waals surface area contributed by atoms with Crippen molar-refractivity contribution in [2.75, 3.05) is 0 Å². The molecular weight excluding hydrogens is 145 g/mol. The van der Waals surface area contributed by atoms with Gasteiger partial charge >= 0.3 is 12.2 Å². The Labute approximate surface area is 46.9 Å². The van der Waals surface area contributed by atoms with Crippen molar-refractivity contribution in [1.82, 2.24) is 0 Å². The van der Waals surface area contributed by atoms with Gasteiger partial charge < -0.3 is 0 Å². The van der Waals surface area contributed by atoms with E-state index in [1.807, 2.05) is 0 Å². The lowest BCUT2D eigenvalue weighted by atomic mass is 10.6. The summed E-state index contributed by atoms with van der Waals surface area (Å²) in [7, 11) is 0. The third-order valence-electron chi connectivity index (χ3n) is 0.481. The van der Waals surface area contributed by atoms with Crippen LogP contribution in [0.25, 0.3) is 4.85 Å². The van der Waals surface area contributed by atoms with Gasteiger partial charge in [0.15, 0.2) is 0 Å². The Hall–Kier alpha value is -0.860. The second-order valence-corrected chi connectivity index (χ2v) is 1.15. The van der Waals surface area contributed by atoms with E-state index in [1.54, 1.807) is 0 Å². The van der Waals surface area contributed by atoms with Gasteiger partial charge in [0, 0.05) is 0 Å². The molecule has 0 rings (SSSR count). The first-order chi connectivity index (χ1) is 3.81. The Kier molecular flexibility index (Phi) is 1.65. The molecule has 0 atom stereocenters. The largest absolute Gasteiger partial charge is 0.629 e. The maximum absolute atomic E-state index is 11.2. The minimum absolute atomic E-state index is 1.08. The van der Waals surface area contributed by atoms with Crippen LogP contribution < -0.4 is 0 Å².